The van der Waals surface area contributed by atoms with E-state index in [0.717, 1.165) is 22.5 Å². The number of hydrogen-bond acceptors (Lipinski definition) is 5. The number of benzene rings is 3. The maximum atomic E-state index is 13.5. The van der Waals surface area contributed by atoms with Gasteiger partial charge in [-0.25, -0.2) is 4.99 Å². The van der Waals surface area contributed by atoms with Gasteiger partial charge in [-0.2, -0.15) is 0 Å². The molecule has 3 aromatic rings. The largest absolute Gasteiger partial charge is 0.483 e. The number of carbonyl (C=O) groups is 2. The highest BCUT2D eigenvalue weighted by molar-refractivity contribution is 8.19. The molecule has 2 N–H and O–H groups in total. The van der Waals surface area contributed by atoms with Gasteiger partial charge in [0.1, 0.15) is 5.75 Å². The van der Waals surface area contributed by atoms with Crippen LogP contribution in [0.25, 0.3) is 6.08 Å². The Hall–Kier alpha value is -3.84. The average Bonchev–Trinajstić information content (AvgIpc) is 3.10. The van der Waals surface area contributed by atoms with Crippen LogP contribution >= 0.6 is 11.8 Å². The third-order valence-electron chi connectivity index (χ3n) is 4.93. The predicted octanol–water partition coefficient (Wildman–Crippen LogP) is 4.98. The van der Waals surface area contributed by atoms with E-state index in [9.17, 15) is 9.59 Å². The normalized spacial score (nSPS) is 15.9. The molecule has 1 aliphatic heterocycles. The second-order valence-electron chi connectivity index (χ2n) is 7.61. The Morgan fingerprint density at radius 1 is 1.00 bits per heavy atom. The molecule has 0 aliphatic carbocycles. The summed E-state index contributed by atoms with van der Waals surface area (Å²) in [5.74, 6) is -0.274. The van der Waals surface area contributed by atoms with E-state index in [1.165, 1.54) is 11.8 Å². The second-order valence-corrected chi connectivity index (χ2v) is 8.62. The first-order valence-electron chi connectivity index (χ1n) is 10.4. The first-order chi connectivity index (χ1) is 15.9. The van der Waals surface area contributed by atoms with Crippen LogP contribution in [0.2, 0.25) is 0 Å². The molecular weight excluding hydrogens is 434 g/mol. The van der Waals surface area contributed by atoms with E-state index < -0.39 is 5.91 Å². The monoisotopic (exact) mass is 457 g/mol. The Bertz CT molecular complexity index is 1250. The standard InChI is InChI=1S/C26H23N3O3S/c1-17-7-11-20(12-8-17)28-26-29(21-13-9-18(2)10-14-21)25(31)23(33-26)15-19-5-3-4-6-22(19)32-16-24(27)30/h3-15H,16H2,1-2H3,(H2,27,30)/b23-15-,28-26?. The van der Waals surface area contributed by atoms with Crippen molar-refractivity contribution in [3.05, 3.63) is 94.4 Å². The molecule has 1 aliphatic rings. The molecule has 4 rings (SSSR count). The number of nitrogens with two attached hydrogens (primary N) is 1. The SMILES string of the molecule is Cc1ccc(N=C2S/C(=C\c3ccccc3OCC(N)=O)C(=O)N2c2ccc(C)cc2)cc1. The number of para-hydroxylation sites is 1. The number of rotatable bonds is 6. The summed E-state index contributed by atoms with van der Waals surface area (Å²) in [5.41, 5.74) is 9.63. The quantitative estimate of drug-likeness (QED) is 0.529. The van der Waals surface area contributed by atoms with Gasteiger partial charge in [-0.3, -0.25) is 14.5 Å². The van der Waals surface area contributed by atoms with Gasteiger partial charge in [-0.15, -0.1) is 0 Å². The Kier molecular flexibility index (Phi) is 6.60. The number of amidine groups is 1. The smallest absolute Gasteiger partial charge is 0.271 e. The lowest BCUT2D eigenvalue weighted by Crippen LogP contribution is -2.28. The Balaban J connectivity index is 1.74. The van der Waals surface area contributed by atoms with Crippen LogP contribution in [0.15, 0.2) is 82.7 Å². The first-order valence-corrected chi connectivity index (χ1v) is 11.2. The summed E-state index contributed by atoms with van der Waals surface area (Å²) in [7, 11) is 0. The Morgan fingerprint density at radius 2 is 1.64 bits per heavy atom. The van der Waals surface area contributed by atoms with Crippen molar-refractivity contribution in [1.82, 2.24) is 0 Å². The van der Waals surface area contributed by atoms with Crippen molar-refractivity contribution in [1.29, 1.82) is 0 Å². The van der Waals surface area contributed by atoms with Gasteiger partial charge < -0.3 is 10.5 Å². The number of aliphatic imine (C=N–C) groups is 1. The highest BCUT2D eigenvalue weighted by atomic mass is 32.2. The molecule has 1 saturated heterocycles. The molecule has 1 heterocycles. The third kappa shape index (κ3) is 5.32. The molecule has 0 unspecified atom stereocenters. The first kappa shape index (κ1) is 22.4. The minimum absolute atomic E-state index is 0.181. The zero-order valence-electron chi connectivity index (χ0n) is 18.3. The molecule has 6 nitrogen and oxygen atoms in total. The molecule has 166 valence electrons. The lowest BCUT2D eigenvalue weighted by molar-refractivity contribution is -0.120. The van der Waals surface area contributed by atoms with Crippen LogP contribution < -0.4 is 15.4 Å². The number of thioether (sulfide) groups is 1. The van der Waals surface area contributed by atoms with Gasteiger partial charge in [0.05, 0.1) is 16.3 Å². The summed E-state index contributed by atoms with van der Waals surface area (Å²) < 4.78 is 5.52. The van der Waals surface area contributed by atoms with E-state index in [0.29, 0.717) is 21.4 Å². The molecule has 33 heavy (non-hydrogen) atoms. The fourth-order valence-corrected chi connectivity index (χ4v) is 4.21. The number of hydrogen-bond donors (Lipinski definition) is 1. The van der Waals surface area contributed by atoms with Crippen molar-refractivity contribution in [2.45, 2.75) is 13.8 Å². The summed E-state index contributed by atoms with van der Waals surface area (Å²) in [6, 6.07) is 22.8. The van der Waals surface area contributed by atoms with E-state index in [4.69, 9.17) is 15.5 Å². The number of anilines is 1. The summed E-state index contributed by atoms with van der Waals surface area (Å²) in [5, 5.41) is 0.564. The zero-order valence-corrected chi connectivity index (χ0v) is 19.1. The van der Waals surface area contributed by atoms with Gasteiger partial charge in [0.25, 0.3) is 11.8 Å². The fourth-order valence-electron chi connectivity index (χ4n) is 3.22. The average molecular weight is 458 g/mol. The molecule has 0 spiro atoms. The van der Waals surface area contributed by atoms with Crippen LogP contribution in [0.1, 0.15) is 16.7 Å². The molecule has 0 bridgehead atoms. The lowest BCUT2D eigenvalue weighted by Gasteiger charge is -2.16. The van der Waals surface area contributed by atoms with Crippen LogP contribution in [0.5, 0.6) is 5.75 Å². The molecule has 1 fully saturated rings. The minimum Gasteiger partial charge on any atom is -0.483 e. The van der Waals surface area contributed by atoms with Crippen molar-refractivity contribution in [3.8, 4) is 5.75 Å². The van der Waals surface area contributed by atoms with Crippen molar-refractivity contribution in [2.24, 2.45) is 10.7 Å². The van der Waals surface area contributed by atoms with E-state index in [1.54, 1.807) is 23.1 Å². The summed E-state index contributed by atoms with van der Waals surface area (Å²) in [4.78, 5) is 31.5. The topological polar surface area (TPSA) is 85.0 Å². The van der Waals surface area contributed by atoms with Crippen LogP contribution in [0.4, 0.5) is 11.4 Å². The molecule has 7 heteroatoms. The van der Waals surface area contributed by atoms with E-state index in [2.05, 4.69) is 0 Å². The fraction of sp³-hybridized carbons (Fsp3) is 0.115. The molecule has 0 radical (unpaired) electrons. The zero-order chi connectivity index (χ0) is 23.4. The molecule has 0 saturated carbocycles. The van der Waals surface area contributed by atoms with Crippen molar-refractivity contribution < 1.29 is 14.3 Å². The van der Waals surface area contributed by atoms with Crippen molar-refractivity contribution in [3.63, 3.8) is 0 Å². The van der Waals surface area contributed by atoms with Crippen LogP contribution in [0, 0.1) is 13.8 Å². The van der Waals surface area contributed by atoms with Crippen LogP contribution in [0.3, 0.4) is 0 Å². The van der Waals surface area contributed by atoms with Gasteiger partial charge in [0.15, 0.2) is 11.8 Å². The van der Waals surface area contributed by atoms with Crippen molar-refractivity contribution in [2.75, 3.05) is 11.5 Å². The van der Waals surface area contributed by atoms with Gasteiger partial charge in [0, 0.05) is 5.56 Å². The predicted molar refractivity (Wildman–Crippen MR) is 134 cm³/mol. The molecule has 0 atom stereocenters. The molecule has 2 amide bonds. The number of amides is 2. The maximum Gasteiger partial charge on any atom is 0.271 e. The second kappa shape index (κ2) is 9.75. The van der Waals surface area contributed by atoms with E-state index in [-0.39, 0.29) is 12.5 Å². The van der Waals surface area contributed by atoms with Gasteiger partial charge >= 0.3 is 0 Å². The van der Waals surface area contributed by atoms with Crippen molar-refractivity contribution >= 4 is 46.2 Å². The minimum atomic E-state index is -0.568. The van der Waals surface area contributed by atoms with Gasteiger partial charge in [-0.1, -0.05) is 53.6 Å². The number of aryl methyl sites for hydroxylation is 2. The van der Waals surface area contributed by atoms with Crippen LogP contribution in [-0.4, -0.2) is 23.6 Å². The molecule has 3 aromatic carbocycles. The molecular formula is C26H23N3O3S. The number of ether oxygens (including phenoxy) is 1. The van der Waals surface area contributed by atoms with Gasteiger partial charge in [-0.05, 0) is 62.0 Å². The summed E-state index contributed by atoms with van der Waals surface area (Å²) >= 11 is 1.29. The number of primary amides is 1. The van der Waals surface area contributed by atoms with E-state index in [1.807, 2.05) is 74.5 Å². The highest BCUT2D eigenvalue weighted by Crippen LogP contribution is 2.38. The highest BCUT2D eigenvalue weighted by Gasteiger charge is 2.35. The van der Waals surface area contributed by atoms with E-state index >= 15 is 0 Å². The molecule has 0 aromatic heterocycles. The third-order valence-corrected chi connectivity index (χ3v) is 5.90. The number of nitrogens with zero attached hydrogens (tertiary/aromatic N) is 2. The maximum absolute atomic E-state index is 13.5. The van der Waals surface area contributed by atoms with Crippen LogP contribution in [-0.2, 0) is 9.59 Å². The number of carbonyl (C=O) groups excluding carboxylic acids is 2. The van der Waals surface area contributed by atoms with Gasteiger partial charge in [0.2, 0.25) is 0 Å². The Labute approximate surface area is 196 Å². The summed E-state index contributed by atoms with van der Waals surface area (Å²) in [6.07, 6.45) is 1.75. The summed E-state index contributed by atoms with van der Waals surface area (Å²) in [6.45, 7) is 3.78. The Morgan fingerprint density at radius 3 is 2.30 bits per heavy atom. The lowest BCUT2D eigenvalue weighted by atomic mass is 10.1.